The standard InChI is InChI=1S/C23H24ClN5O3/c1-16-14-27(11-12-28(16)23(31)29-10-9-21(26-29)22(25)30)15-17-3-2-4-20(13-17)32-19-7-5-18(24)6-8-19/h2-10,13,16H,11-12,14-15H2,1H3,(H2,25,30)/t16-/m1/s1. The summed E-state index contributed by atoms with van der Waals surface area (Å²) in [6, 6.07) is 16.4. The fourth-order valence-electron chi connectivity index (χ4n) is 3.76. The molecule has 1 fully saturated rings. The fourth-order valence-corrected chi connectivity index (χ4v) is 3.88. The number of benzene rings is 2. The number of hydrogen-bond acceptors (Lipinski definition) is 5. The van der Waals surface area contributed by atoms with Crippen LogP contribution in [0.4, 0.5) is 4.79 Å². The molecular formula is C23H24ClN5O3. The highest BCUT2D eigenvalue weighted by Gasteiger charge is 2.29. The van der Waals surface area contributed by atoms with E-state index in [0.29, 0.717) is 11.6 Å². The number of ether oxygens (including phenoxy) is 1. The second-order valence-electron chi connectivity index (χ2n) is 7.77. The predicted molar refractivity (Wildman–Crippen MR) is 121 cm³/mol. The van der Waals surface area contributed by atoms with Gasteiger partial charge in [-0.1, -0.05) is 23.7 Å². The minimum Gasteiger partial charge on any atom is -0.457 e. The van der Waals surface area contributed by atoms with Crippen molar-refractivity contribution >= 4 is 23.5 Å². The molecule has 0 radical (unpaired) electrons. The quantitative estimate of drug-likeness (QED) is 0.637. The van der Waals surface area contributed by atoms with Gasteiger partial charge in [0.2, 0.25) is 0 Å². The van der Waals surface area contributed by atoms with Crippen molar-refractivity contribution in [3.8, 4) is 11.5 Å². The van der Waals surface area contributed by atoms with Crippen LogP contribution in [0.5, 0.6) is 11.5 Å². The van der Waals surface area contributed by atoms with Crippen LogP contribution in [0.15, 0.2) is 60.8 Å². The highest BCUT2D eigenvalue weighted by Crippen LogP contribution is 2.24. The molecule has 166 valence electrons. The summed E-state index contributed by atoms with van der Waals surface area (Å²) in [5.41, 5.74) is 6.42. The zero-order valence-corrected chi connectivity index (χ0v) is 18.4. The van der Waals surface area contributed by atoms with Crippen molar-refractivity contribution in [3.63, 3.8) is 0 Å². The number of nitrogens with zero attached hydrogens (tertiary/aromatic N) is 4. The SMILES string of the molecule is C[C@@H]1CN(Cc2cccc(Oc3ccc(Cl)cc3)c2)CCN1C(=O)n1ccc(C(N)=O)n1. The van der Waals surface area contributed by atoms with Crippen LogP contribution in [0.1, 0.15) is 23.0 Å². The normalized spacial score (nSPS) is 16.7. The van der Waals surface area contributed by atoms with Gasteiger partial charge in [0.1, 0.15) is 11.5 Å². The Kier molecular flexibility index (Phi) is 6.43. The Morgan fingerprint density at radius 3 is 2.59 bits per heavy atom. The molecule has 0 aliphatic carbocycles. The molecule has 4 rings (SSSR count). The highest BCUT2D eigenvalue weighted by molar-refractivity contribution is 6.30. The van der Waals surface area contributed by atoms with E-state index < -0.39 is 5.91 Å². The van der Waals surface area contributed by atoms with Crippen LogP contribution in [0.2, 0.25) is 5.02 Å². The Balaban J connectivity index is 1.36. The molecule has 2 N–H and O–H groups in total. The van der Waals surface area contributed by atoms with Gasteiger partial charge in [-0.3, -0.25) is 9.69 Å². The molecule has 8 nitrogen and oxygen atoms in total. The summed E-state index contributed by atoms with van der Waals surface area (Å²) in [5.74, 6) is 0.831. The van der Waals surface area contributed by atoms with Crippen molar-refractivity contribution < 1.29 is 14.3 Å². The average Bonchev–Trinajstić information content (AvgIpc) is 3.26. The summed E-state index contributed by atoms with van der Waals surface area (Å²) < 4.78 is 7.10. The van der Waals surface area contributed by atoms with Crippen LogP contribution in [0.25, 0.3) is 0 Å². The van der Waals surface area contributed by atoms with Gasteiger partial charge >= 0.3 is 6.03 Å². The van der Waals surface area contributed by atoms with Crippen molar-refractivity contribution in [1.82, 2.24) is 19.6 Å². The first-order valence-electron chi connectivity index (χ1n) is 10.3. The highest BCUT2D eigenvalue weighted by atomic mass is 35.5. The zero-order valence-electron chi connectivity index (χ0n) is 17.6. The maximum atomic E-state index is 12.8. The predicted octanol–water partition coefficient (Wildman–Crippen LogP) is 3.60. The van der Waals surface area contributed by atoms with Crippen molar-refractivity contribution in [2.24, 2.45) is 5.73 Å². The van der Waals surface area contributed by atoms with E-state index in [4.69, 9.17) is 22.1 Å². The van der Waals surface area contributed by atoms with Gasteiger partial charge in [0.05, 0.1) is 0 Å². The molecule has 2 amide bonds. The van der Waals surface area contributed by atoms with Crippen LogP contribution in [-0.2, 0) is 6.54 Å². The van der Waals surface area contributed by atoms with Crippen molar-refractivity contribution in [1.29, 1.82) is 0 Å². The summed E-state index contributed by atoms with van der Waals surface area (Å²) in [7, 11) is 0. The van der Waals surface area contributed by atoms with E-state index in [1.165, 1.54) is 16.9 Å². The van der Waals surface area contributed by atoms with Gasteiger partial charge in [-0.2, -0.15) is 9.78 Å². The number of carbonyl (C=O) groups excluding carboxylic acids is 2. The third-order valence-corrected chi connectivity index (χ3v) is 5.60. The number of rotatable bonds is 5. The third-order valence-electron chi connectivity index (χ3n) is 5.35. The van der Waals surface area contributed by atoms with Gasteiger partial charge in [-0.05, 0) is 55.0 Å². The van der Waals surface area contributed by atoms with Crippen LogP contribution in [0.3, 0.4) is 0 Å². The molecule has 2 heterocycles. The second kappa shape index (κ2) is 9.42. The molecule has 1 aromatic heterocycles. The van der Waals surface area contributed by atoms with Gasteiger partial charge in [0, 0.05) is 43.4 Å². The monoisotopic (exact) mass is 453 g/mol. The van der Waals surface area contributed by atoms with Crippen LogP contribution < -0.4 is 10.5 Å². The van der Waals surface area contributed by atoms with E-state index in [2.05, 4.69) is 16.1 Å². The fraction of sp³-hybridized carbons (Fsp3) is 0.261. The molecule has 1 aliphatic rings. The first kappa shape index (κ1) is 21.9. The van der Waals surface area contributed by atoms with Gasteiger partial charge in [0.25, 0.3) is 5.91 Å². The second-order valence-corrected chi connectivity index (χ2v) is 8.21. The number of carbonyl (C=O) groups is 2. The number of nitrogens with two attached hydrogens (primary N) is 1. The number of amides is 2. The number of aromatic nitrogens is 2. The number of primary amides is 1. The van der Waals surface area contributed by atoms with Gasteiger partial charge in [-0.25, -0.2) is 4.79 Å². The third kappa shape index (κ3) is 5.09. The maximum Gasteiger partial charge on any atom is 0.344 e. The van der Waals surface area contributed by atoms with Gasteiger partial charge in [-0.15, -0.1) is 0 Å². The molecule has 0 unspecified atom stereocenters. The molecule has 9 heteroatoms. The molecule has 32 heavy (non-hydrogen) atoms. The Labute approximate surface area is 191 Å². The van der Waals surface area contributed by atoms with Crippen molar-refractivity contribution in [2.75, 3.05) is 19.6 Å². The van der Waals surface area contributed by atoms with E-state index >= 15 is 0 Å². The minimum atomic E-state index is -0.656. The van der Waals surface area contributed by atoms with Crippen LogP contribution in [-0.4, -0.2) is 57.2 Å². The molecule has 2 aromatic carbocycles. The van der Waals surface area contributed by atoms with Gasteiger partial charge < -0.3 is 15.4 Å². The van der Waals surface area contributed by atoms with Crippen LogP contribution in [0, 0.1) is 0 Å². The molecule has 1 saturated heterocycles. The lowest BCUT2D eigenvalue weighted by atomic mass is 10.1. The topological polar surface area (TPSA) is 93.7 Å². The minimum absolute atomic E-state index is 0.00835. The van der Waals surface area contributed by atoms with E-state index in [1.54, 1.807) is 17.0 Å². The molecular weight excluding hydrogens is 430 g/mol. The molecule has 3 aromatic rings. The number of hydrogen-bond donors (Lipinski definition) is 1. The zero-order chi connectivity index (χ0) is 22.7. The first-order chi connectivity index (χ1) is 15.4. The van der Waals surface area contributed by atoms with E-state index in [1.807, 2.05) is 37.3 Å². The summed E-state index contributed by atoms with van der Waals surface area (Å²) in [4.78, 5) is 28.1. The Morgan fingerprint density at radius 2 is 1.91 bits per heavy atom. The maximum absolute atomic E-state index is 12.8. The van der Waals surface area contributed by atoms with Crippen molar-refractivity contribution in [3.05, 3.63) is 77.1 Å². The summed E-state index contributed by atoms with van der Waals surface area (Å²) >= 11 is 5.93. The number of halogens is 1. The number of piperazine rings is 1. The van der Waals surface area contributed by atoms with Gasteiger partial charge in [0.15, 0.2) is 5.69 Å². The Bertz CT molecular complexity index is 1110. The lowest BCUT2D eigenvalue weighted by Crippen LogP contribution is -2.54. The molecule has 1 atom stereocenters. The lowest BCUT2D eigenvalue weighted by molar-refractivity contribution is 0.0963. The smallest absolute Gasteiger partial charge is 0.344 e. The average molecular weight is 454 g/mol. The van der Waals surface area contributed by atoms with Crippen LogP contribution >= 0.6 is 11.6 Å². The first-order valence-corrected chi connectivity index (χ1v) is 10.7. The van der Waals surface area contributed by atoms with E-state index in [-0.39, 0.29) is 17.8 Å². The summed E-state index contributed by atoms with van der Waals surface area (Å²) in [6.07, 6.45) is 1.47. The molecule has 0 saturated carbocycles. The molecule has 1 aliphatic heterocycles. The molecule has 0 bridgehead atoms. The molecule has 0 spiro atoms. The Morgan fingerprint density at radius 1 is 1.12 bits per heavy atom. The van der Waals surface area contributed by atoms with E-state index in [9.17, 15) is 9.59 Å². The Hall–Kier alpha value is -3.36. The summed E-state index contributed by atoms with van der Waals surface area (Å²) in [5, 5.41) is 4.64. The largest absolute Gasteiger partial charge is 0.457 e. The summed E-state index contributed by atoms with van der Waals surface area (Å²) in [6.45, 7) is 4.76. The van der Waals surface area contributed by atoms with E-state index in [0.717, 1.165) is 36.7 Å². The lowest BCUT2D eigenvalue weighted by Gasteiger charge is -2.39. The van der Waals surface area contributed by atoms with Crippen molar-refractivity contribution in [2.45, 2.75) is 19.5 Å².